The van der Waals surface area contributed by atoms with Gasteiger partial charge in [0.1, 0.15) is 6.10 Å². The monoisotopic (exact) mass is 350 g/mol. The van der Waals surface area contributed by atoms with E-state index in [1.54, 1.807) is 30.3 Å². The van der Waals surface area contributed by atoms with Gasteiger partial charge in [-0.1, -0.05) is 18.2 Å². The van der Waals surface area contributed by atoms with Crippen molar-refractivity contribution in [1.29, 1.82) is 0 Å². The first-order chi connectivity index (χ1) is 12.0. The lowest BCUT2D eigenvalue weighted by molar-refractivity contribution is 0.0911. The maximum Gasteiger partial charge on any atom is 0.414 e. The van der Waals surface area contributed by atoms with Gasteiger partial charge in [0.15, 0.2) is 17.5 Å². The Morgan fingerprint density at radius 2 is 1.84 bits per heavy atom. The number of benzene rings is 2. The zero-order valence-electron chi connectivity index (χ0n) is 12.8. The van der Waals surface area contributed by atoms with E-state index in [0.717, 1.165) is 6.07 Å². The Hall–Kier alpha value is -3.03. The SMILES string of the molecule is O=C(NCC1CN(c2ccccc2)C(=O)O1)c1ccc(F)c(F)c1F. The van der Waals surface area contributed by atoms with Crippen LogP contribution in [0, 0.1) is 17.5 Å². The minimum Gasteiger partial charge on any atom is -0.442 e. The molecule has 3 rings (SSSR count). The van der Waals surface area contributed by atoms with Gasteiger partial charge in [-0.05, 0) is 24.3 Å². The first-order valence-electron chi connectivity index (χ1n) is 7.42. The molecule has 2 aromatic carbocycles. The molecule has 0 aromatic heterocycles. The van der Waals surface area contributed by atoms with E-state index >= 15 is 0 Å². The molecule has 0 radical (unpaired) electrons. The van der Waals surface area contributed by atoms with Crippen molar-refractivity contribution in [2.45, 2.75) is 6.10 Å². The number of hydrogen-bond donors (Lipinski definition) is 1. The van der Waals surface area contributed by atoms with Crippen molar-refractivity contribution < 1.29 is 27.5 Å². The summed E-state index contributed by atoms with van der Waals surface area (Å²) in [6.45, 7) is 0.107. The van der Waals surface area contributed by atoms with Crippen LogP contribution in [0.5, 0.6) is 0 Å². The number of carbonyl (C=O) groups excluding carboxylic acids is 2. The number of anilines is 1. The summed E-state index contributed by atoms with van der Waals surface area (Å²) in [7, 11) is 0. The number of amides is 2. The first-order valence-corrected chi connectivity index (χ1v) is 7.42. The van der Waals surface area contributed by atoms with Gasteiger partial charge in [-0.3, -0.25) is 9.69 Å². The molecule has 1 heterocycles. The summed E-state index contributed by atoms with van der Waals surface area (Å²) >= 11 is 0. The summed E-state index contributed by atoms with van der Waals surface area (Å²) in [5.74, 6) is -5.58. The number of nitrogens with one attached hydrogen (secondary N) is 1. The molecule has 2 aromatic rings. The zero-order chi connectivity index (χ0) is 18.0. The van der Waals surface area contributed by atoms with Crippen LogP contribution in [-0.2, 0) is 4.74 Å². The molecule has 0 bridgehead atoms. The van der Waals surface area contributed by atoms with Crippen molar-refractivity contribution in [3.63, 3.8) is 0 Å². The van der Waals surface area contributed by atoms with Gasteiger partial charge in [0, 0.05) is 5.69 Å². The van der Waals surface area contributed by atoms with Crippen LogP contribution in [-0.4, -0.2) is 31.2 Å². The van der Waals surface area contributed by atoms with Crippen LogP contribution in [0.25, 0.3) is 0 Å². The molecule has 2 amide bonds. The lowest BCUT2D eigenvalue weighted by Gasteiger charge is -2.13. The minimum atomic E-state index is -1.71. The third kappa shape index (κ3) is 3.42. The van der Waals surface area contributed by atoms with E-state index in [9.17, 15) is 22.8 Å². The number of cyclic esters (lactones) is 1. The highest BCUT2D eigenvalue weighted by atomic mass is 19.2. The summed E-state index contributed by atoms with van der Waals surface area (Å²) < 4.78 is 44.8. The van der Waals surface area contributed by atoms with Gasteiger partial charge in [0.2, 0.25) is 0 Å². The fraction of sp³-hybridized carbons (Fsp3) is 0.176. The van der Waals surface area contributed by atoms with Crippen LogP contribution < -0.4 is 10.2 Å². The van der Waals surface area contributed by atoms with E-state index in [2.05, 4.69) is 5.32 Å². The lowest BCUT2D eigenvalue weighted by Crippen LogP contribution is -2.35. The summed E-state index contributed by atoms with van der Waals surface area (Å²) in [4.78, 5) is 25.2. The fourth-order valence-electron chi connectivity index (χ4n) is 2.45. The fourth-order valence-corrected chi connectivity index (χ4v) is 2.45. The van der Waals surface area contributed by atoms with Gasteiger partial charge in [0.05, 0.1) is 18.7 Å². The van der Waals surface area contributed by atoms with Crippen molar-refractivity contribution >= 4 is 17.7 Å². The number of hydrogen-bond acceptors (Lipinski definition) is 3. The second-order valence-corrected chi connectivity index (χ2v) is 5.38. The van der Waals surface area contributed by atoms with Gasteiger partial charge >= 0.3 is 6.09 Å². The molecular formula is C17H13F3N2O3. The van der Waals surface area contributed by atoms with Crippen LogP contribution in [0.4, 0.5) is 23.7 Å². The second-order valence-electron chi connectivity index (χ2n) is 5.38. The highest BCUT2D eigenvalue weighted by molar-refractivity contribution is 5.94. The molecule has 8 heteroatoms. The van der Waals surface area contributed by atoms with E-state index < -0.39 is 41.1 Å². The minimum absolute atomic E-state index is 0.0909. The largest absolute Gasteiger partial charge is 0.442 e. The molecule has 1 atom stereocenters. The van der Waals surface area contributed by atoms with Crippen molar-refractivity contribution in [3.05, 3.63) is 65.5 Å². The smallest absolute Gasteiger partial charge is 0.414 e. The standard InChI is InChI=1S/C17H13F3N2O3/c18-13-7-6-12(14(19)15(13)20)16(23)21-8-11-9-22(17(24)25-11)10-4-2-1-3-5-10/h1-7,11H,8-9H2,(H,21,23). The van der Waals surface area contributed by atoms with Crippen molar-refractivity contribution in [2.24, 2.45) is 0 Å². The van der Waals surface area contributed by atoms with E-state index in [1.165, 1.54) is 4.90 Å². The molecule has 1 fully saturated rings. The zero-order valence-corrected chi connectivity index (χ0v) is 12.8. The summed E-state index contributed by atoms with van der Waals surface area (Å²) in [5, 5.41) is 2.35. The second kappa shape index (κ2) is 6.84. The average Bonchev–Trinajstić information content (AvgIpc) is 2.99. The van der Waals surface area contributed by atoms with E-state index in [1.807, 2.05) is 0 Å². The topological polar surface area (TPSA) is 58.6 Å². The van der Waals surface area contributed by atoms with E-state index in [0.29, 0.717) is 11.8 Å². The predicted octanol–water partition coefficient (Wildman–Crippen LogP) is 2.86. The quantitative estimate of drug-likeness (QED) is 0.863. The number of ether oxygens (including phenoxy) is 1. The summed E-state index contributed by atoms with van der Waals surface area (Å²) in [6, 6.07) is 10.3. The third-order valence-electron chi connectivity index (χ3n) is 3.71. The van der Waals surface area contributed by atoms with Crippen LogP contribution >= 0.6 is 0 Å². The Balaban J connectivity index is 1.62. The number of nitrogens with zero attached hydrogens (tertiary/aromatic N) is 1. The lowest BCUT2D eigenvalue weighted by atomic mass is 10.2. The number of carbonyl (C=O) groups is 2. The van der Waals surface area contributed by atoms with Gasteiger partial charge in [0.25, 0.3) is 5.91 Å². The molecule has 1 unspecified atom stereocenters. The average molecular weight is 350 g/mol. The van der Waals surface area contributed by atoms with Crippen LogP contribution in [0.1, 0.15) is 10.4 Å². The molecule has 0 saturated carbocycles. The van der Waals surface area contributed by atoms with E-state index in [-0.39, 0.29) is 13.1 Å². The molecule has 5 nitrogen and oxygen atoms in total. The Bertz CT molecular complexity index is 814. The first kappa shape index (κ1) is 16.8. The van der Waals surface area contributed by atoms with Gasteiger partial charge < -0.3 is 10.1 Å². The molecule has 25 heavy (non-hydrogen) atoms. The predicted molar refractivity (Wildman–Crippen MR) is 82.7 cm³/mol. The molecule has 1 aliphatic rings. The Labute approximate surface area is 141 Å². The molecule has 1 aliphatic heterocycles. The number of halogens is 3. The summed E-state index contributed by atoms with van der Waals surface area (Å²) in [6.07, 6.45) is -1.21. The molecule has 130 valence electrons. The van der Waals surface area contributed by atoms with Crippen LogP contribution in [0.15, 0.2) is 42.5 Å². The Morgan fingerprint density at radius 1 is 1.12 bits per heavy atom. The third-order valence-corrected chi connectivity index (χ3v) is 3.71. The van der Waals surface area contributed by atoms with Gasteiger partial charge in [-0.25, -0.2) is 18.0 Å². The van der Waals surface area contributed by atoms with Crippen LogP contribution in [0.3, 0.4) is 0 Å². The highest BCUT2D eigenvalue weighted by Crippen LogP contribution is 2.21. The van der Waals surface area contributed by atoms with Crippen molar-refractivity contribution in [1.82, 2.24) is 5.32 Å². The maximum absolute atomic E-state index is 13.6. The van der Waals surface area contributed by atoms with Crippen molar-refractivity contribution in [2.75, 3.05) is 18.0 Å². The molecule has 1 saturated heterocycles. The number of para-hydroxylation sites is 1. The van der Waals surface area contributed by atoms with Gasteiger partial charge in [-0.15, -0.1) is 0 Å². The van der Waals surface area contributed by atoms with Crippen molar-refractivity contribution in [3.8, 4) is 0 Å². The highest BCUT2D eigenvalue weighted by Gasteiger charge is 2.32. The molecular weight excluding hydrogens is 337 g/mol. The Kier molecular flexibility index (Phi) is 4.60. The van der Waals surface area contributed by atoms with Gasteiger partial charge in [-0.2, -0.15) is 0 Å². The van der Waals surface area contributed by atoms with Crippen LogP contribution in [0.2, 0.25) is 0 Å². The normalized spacial score (nSPS) is 16.7. The molecule has 1 N–H and O–H groups in total. The molecule has 0 spiro atoms. The molecule has 0 aliphatic carbocycles. The van der Waals surface area contributed by atoms with E-state index in [4.69, 9.17) is 4.74 Å². The summed E-state index contributed by atoms with van der Waals surface area (Å²) in [5.41, 5.74) is 0.0242. The number of rotatable bonds is 4. The maximum atomic E-state index is 13.6. The Morgan fingerprint density at radius 3 is 2.56 bits per heavy atom.